The van der Waals surface area contributed by atoms with Gasteiger partial charge >= 0.3 is 0 Å². The lowest BCUT2D eigenvalue weighted by molar-refractivity contribution is 0.243. The molecule has 1 aliphatic rings. The molecule has 8 nitrogen and oxygen atoms in total. The predicted octanol–water partition coefficient (Wildman–Crippen LogP) is 4.45. The molecule has 3 N–H and O–H groups in total. The molecule has 4 aromatic rings. The average molecular weight is 472 g/mol. The van der Waals surface area contributed by atoms with Crippen molar-refractivity contribution in [1.29, 1.82) is 0 Å². The summed E-state index contributed by atoms with van der Waals surface area (Å²) in [6, 6.07) is 24.0. The Labute approximate surface area is 203 Å². The van der Waals surface area contributed by atoms with Crippen LogP contribution in [0, 0.1) is 5.82 Å². The molecule has 1 aliphatic heterocycles. The van der Waals surface area contributed by atoms with Gasteiger partial charge in [-0.05, 0) is 48.5 Å². The maximum Gasteiger partial charge on any atom is 0.232 e. The van der Waals surface area contributed by atoms with E-state index in [9.17, 15) is 4.39 Å². The predicted molar refractivity (Wildman–Crippen MR) is 134 cm³/mol. The molecule has 9 heteroatoms. The summed E-state index contributed by atoms with van der Waals surface area (Å²) >= 11 is 0. The van der Waals surface area contributed by atoms with Crippen molar-refractivity contribution in [3.8, 4) is 11.5 Å². The van der Waals surface area contributed by atoms with Gasteiger partial charge in [0.05, 0.1) is 12.2 Å². The summed E-state index contributed by atoms with van der Waals surface area (Å²) in [4.78, 5) is 17.4. The number of piperazine rings is 1. The third kappa shape index (κ3) is 5.82. The molecule has 0 bridgehead atoms. The Kier molecular flexibility index (Phi) is 6.67. The molecule has 5 rings (SSSR count). The van der Waals surface area contributed by atoms with E-state index in [2.05, 4.69) is 30.1 Å². The first kappa shape index (κ1) is 22.5. The second-order valence-electron chi connectivity index (χ2n) is 8.21. The molecule has 0 spiro atoms. The van der Waals surface area contributed by atoms with Gasteiger partial charge in [-0.15, -0.1) is 0 Å². The van der Waals surface area contributed by atoms with Crippen LogP contribution in [0.4, 0.5) is 27.7 Å². The van der Waals surface area contributed by atoms with Gasteiger partial charge in [0.1, 0.15) is 23.1 Å². The van der Waals surface area contributed by atoms with Gasteiger partial charge in [-0.25, -0.2) is 4.39 Å². The summed E-state index contributed by atoms with van der Waals surface area (Å²) in [6.45, 7) is 3.53. The zero-order valence-corrected chi connectivity index (χ0v) is 19.1. The number of anilines is 4. The zero-order valence-electron chi connectivity index (χ0n) is 19.1. The highest BCUT2D eigenvalue weighted by Crippen LogP contribution is 2.24. The highest BCUT2D eigenvalue weighted by molar-refractivity contribution is 5.55. The standard InChI is InChI=1S/C26H26FN7O/c27-22-8-4-5-9-23(22)34-16-14-33(15-17-34)18-24-30-25(28)32-26(31-24)29-19-10-12-21(13-11-19)35-20-6-2-1-3-7-20/h1-13H,14-18H2,(H3,28,29,30,31,32). The van der Waals surface area contributed by atoms with Crippen LogP contribution in [0.1, 0.15) is 5.82 Å². The van der Waals surface area contributed by atoms with E-state index in [4.69, 9.17) is 10.5 Å². The van der Waals surface area contributed by atoms with Crippen LogP contribution < -0.4 is 20.7 Å². The molecule has 1 saturated heterocycles. The van der Waals surface area contributed by atoms with Crippen molar-refractivity contribution < 1.29 is 9.13 Å². The van der Waals surface area contributed by atoms with E-state index in [0.29, 0.717) is 24.0 Å². The molecule has 2 heterocycles. The highest BCUT2D eigenvalue weighted by Gasteiger charge is 2.20. The van der Waals surface area contributed by atoms with Crippen LogP contribution in [0.3, 0.4) is 0 Å². The van der Waals surface area contributed by atoms with E-state index in [1.54, 1.807) is 6.07 Å². The minimum Gasteiger partial charge on any atom is -0.457 e. The van der Waals surface area contributed by atoms with Gasteiger partial charge in [-0.3, -0.25) is 4.90 Å². The van der Waals surface area contributed by atoms with Crippen LogP contribution in [-0.2, 0) is 6.54 Å². The van der Waals surface area contributed by atoms with E-state index in [1.165, 1.54) is 6.07 Å². The maximum absolute atomic E-state index is 14.1. The number of rotatable bonds is 7. The van der Waals surface area contributed by atoms with Crippen LogP contribution in [0.5, 0.6) is 11.5 Å². The van der Waals surface area contributed by atoms with E-state index in [-0.39, 0.29) is 11.8 Å². The smallest absolute Gasteiger partial charge is 0.232 e. The van der Waals surface area contributed by atoms with Gasteiger partial charge in [0, 0.05) is 31.9 Å². The minimum atomic E-state index is -0.193. The molecule has 3 aromatic carbocycles. The first-order chi connectivity index (χ1) is 17.1. The average Bonchev–Trinajstić information content (AvgIpc) is 2.86. The fourth-order valence-corrected chi connectivity index (χ4v) is 3.98. The van der Waals surface area contributed by atoms with Gasteiger partial charge in [0.2, 0.25) is 11.9 Å². The summed E-state index contributed by atoms with van der Waals surface area (Å²) < 4.78 is 19.9. The molecule has 0 amide bonds. The van der Waals surface area contributed by atoms with Crippen molar-refractivity contribution in [1.82, 2.24) is 19.9 Å². The second kappa shape index (κ2) is 10.4. The fraction of sp³-hybridized carbons (Fsp3) is 0.192. The van der Waals surface area contributed by atoms with Gasteiger partial charge in [0.15, 0.2) is 0 Å². The molecular formula is C26H26FN7O. The molecule has 178 valence electrons. The highest BCUT2D eigenvalue weighted by atomic mass is 19.1. The number of aromatic nitrogens is 3. The molecule has 0 atom stereocenters. The number of ether oxygens (including phenoxy) is 1. The SMILES string of the molecule is Nc1nc(CN2CCN(c3ccccc3F)CC2)nc(Nc2ccc(Oc3ccccc3)cc2)n1. The Morgan fingerprint density at radius 3 is 2.23 bits per heavy atom. The fourth-order valence-electron chi connectivity index (χ4n) is 3.98. The number of nitrogens with one attached hydrogen (secondary N) is 1. The van der Waals surface area contributed by atoms with Gasteiger partial charge in [-0.1, -0.05) is 30.3 Å². The van der Waals surface area contributed by atoms with Crippen LogP contribution in [-0.4, -0.2) is 46.0 Å². The normalized spacial score (nSPS) is 14.0. The van der Waals surface area contributed by atoms with Gasteiger partial charge < -0.3 is 20.7 Å². The van der Waals surface area contributed by atoms with Crippen LogP contribution in [0.15, 0.2) is 78.9 Å². The van der Waals surface area contributed by atoms with Crippen molar-refractivity contribution in [3.63, 3.8) is 0 Å². The summed E-state index contributed by atoms with van der Waals surface area (Å²) in [5.74, 6) is 2.44. The summed E-state index contributed by atoms with van der Waals surface area (Å²) in [5.41, 5.74) is 7.40. The number of nitrogen functional groups attached to an aromatic ring is 1. The summed E-state index contributed by atoms with van der Waals surface area (Å²) in [6.07, 6.45) is 0. The second-order valence-corrected chi connectivity index (χ2v) is 8.21. The zero-order chi connectivity index (χ0) is 24.0. The van der Waals surface area contributed by atoms with Gasteiger partial charge in [0.25, 0.3) is 0 Å². The van der Waals surface area contributed by atoms with Crippen molar-refractivity contribution in [2.24, 2.45) is 0 Å². The monoisotopic (exact) mass is 471 g/mol. The summed E-state index contributed by atoms with van der Waals surface area (Å²) in [5, 5.41) is 3.18. The van der Waals surface area contributed by atoms with Crippen molar-refractivity contribution in [3.05, 3.63) is 90.5 Å². The quantitative estimate of drug-likeness (QED) is 0.408. The number of nitrogens with zero attached hydrogens (tertiary/aromatic N) is 5. The molecule has 0 unspecified atom stereocenters. The van der Waals surface area contributed by atoms with E-state index in [0.717, 1.165) is 43.4 Å². The van der Waals surface area contributed by atoms with Crippen LogP contribution >= 0.6 is 0 Å². The Morgan fingerprint density at radius 2 is 1.49 bits per heavy atom. The Hall–Kier alpha value is -4.24. The number of nitrogens with two attached hydrogens (primary N) is 1. The lowest BCUT2D eigenvalue weighted by atomic mass is 10.2. The van der Waals surface area contributed by atoms with Crippen LogP contribution in [0.2, 0.25) is 0 Å². The molecule has 1 fully saturated rings. The maximum atomic E-state index is 14.1. The molecule has 35 heavy (non-hydrogen) atoms. The Bertz CT molecular complexity index is 1260. The molecular weight excluding hydrogens is 445 g/mol. The molecule has 0 saturated carbocycles. The van der Waals surface area contributed by atoms with E-state index >= 15 is 0 Å². The van der Waals surface area contributed by atoms with Crippen molar-refractivity contribution in [2.75, 3.05) is 42.1 Å². The van der Waals surface area contributed by atoms with Crippen molar-refractivity contribution >= 4 is 23.3 Å². The number of hydrogen-bond acceptors (Lipinski definition) is 8. The largest absolute Gasteiger partial charge is 0.457 e. The third-order valence-corrected chi connectivity index (χ3v) is 5.72. The first-order valence-corrected chi connectivity index (χ1v) is 11.4. The Balaban J connectivity index is 1.19. The minimum absolute atomic E-state index is 0.159. The molecule has 0 aliphatic carbocycles. The van der Waals surface area contributed by atoms with E-state index in [1.807, 2.05) is 66.7 Å². The van der Waals surface area contributed by atoms with Crippen LogP contribution in [0.25, 0.3) is 0 Å². The third-order valence-electron chi connectivity index (χ3n) is 5.72. The topological polar surface area (TPSA) is 92.4 Å². The summed E-state index contributed by atoms with van der Waals surface area (Å²) in [7, 11) is 0. The molecule has 1 aromatic heterocycles. The van der Waals surface area contributed by atoms with Crippen molar-refractivity contribution in [2.45, 2.75) is 6.54 Å². The number of benzene rings is 3. The number of para-hydroxylation sites is 2. The molecule has 0 radical (unpaired) electrons. The number of hydrogen-bond donors (Lipinski definition) is 2. The van der Waals surface area contributed by atoms with Gasteiger partial charge in [-0.2, -0.15) is 15.0 Å². The van der Waals surface area contributed by atoms with E-state index < -0.39 is 0 Å². The number of halogens is 1. The Morgan fingerprint density at radius 1 is 0.800 bits per heavy atom. The lowest BCUT2D eigenvalue weighted by Gasteiger charge is -2.35. The lowest BCUT2D eigenvalue weighted by Crippen LogP contribution is -2.46. The first-order valence-electron chi connectivity index (χ1n) is 11.4.